The molecule has 1 N–H and O–H groups in total. The molecular weight excluding hydrogens is 460 g/mol. The number of benzene rings is 2. The van der Waals surface area contributed by atoms with Crippen LogP contribution in [0.25, 0.3) is 22.3 Å². The van der Waals surface area contributed by atoms with E-state index in [0.29, 0.717) is 37.6 Å². The summed E-state index contributed by atoms with van der Waals surface area (Å²) in [5.74, 6) is -0.348. The zero-order valence-corrected chi connectivity index (χ0v) is 19.8. The molecule has 0 unspecified atom stereocenters. The molecule has 3 heterocycles. The van der Waals surface area contributed by atoms with Gasteiger partial charge < -0.3 is 15.0 Å². The SMILES string of the molecule is O=C(/C=C/c1cn(-c2ccccc2)nc1-c1cccs1)Nc1cccc(C(=O)N2CCOCC2)c1. The van der Waals surface area contributed by atoms with Crippen LogP contribution in [0.4, 0.5) is 5.69 Å². The van der Waals surface area contributed by atoms with Gasteiger partial charge in [0.1, 0.15) is 5.69 Å². The molecule has 1 aliphatic rings. The molecule has 1 saturated heterocycles. The fourth-order valence-electron chi connectivity index (χ4n) is 3.86. The van der Waals surface area contributed by atoms with Crippen molar-refractivity contribution in [2.45, 2.75) is 0 Å². The first-order valence-electron chi connectivity index (χ1n) is 11.3. The second-order valence-corrected chi connectivity index (χ2v) is 8.95. The van der Waals surface area contributed by atoms with E-state index >= 15 is 0 Å². The van der Waals surface area contributed by atoms with Gasteiger partial charge in [-0.25, -0.2) is 4.68 Å². The Morgan fingerprint density at radius 2 is 1.83 bits per heavy atom. The lowest BCUT2D eigenvalue weighted by atomic mass is 10.1. The van der Waals surface area contributed by atoms with Crippen LogP contribution in [0.15, 0.2) is 84.4 Å². The number of nitrogens with zero attached hydrogens (tertiary/aromatic N) is 3. The number of hydrogen-bond acceptors (Lipinski definition) is 5. The second-order valence-electron chi connectivity index (χ2n) is 8.00. The molecule has 176 valence electrons. The summed E-state index contributed by atoms with van der Waals surface area (Å²) in [6.45, 7) is 2.23. The first-order chi connectivity index (χ1) is 17.2. The van der Waals surface area contributed by atoms with Gasteiger partial charge in [0, 0.05) is 42.2 Å². The number of morpholine rings is 1. The highest BCUT2D eigenvalue weighted by atomic mass is 32.1. The third-order valence-corrected chi connectivity index (χ3v) is 6.48. The number of nitrogens with one attached hydrogen (secondary N) is 1. The third-order valence-electron chi connectivity index (χ3n) is 5.61. The molecule has 0 radical (unpaired) electrons. The number of carbonyl (C=O) groups excluding carboxylic acids is 2. The van der Waals surface area contributed by atoms with Crippen molar-refractivity contribution < 1.29 is 14.3 Å². The van der Waals surface area contributed by atoms with Gasteiger partial charge in [0.05, 0.1) is 23.8 Å². The van der Waals surface area contributed by atoms with Crippen molar-refractivity contribution in [2.75, 3.05) is 31.6 Å². The molecule has 2 aromatic heterocycles. The van der Waals surface area contributed by atoms with Gasteiger partial charge in [0.15, 0.2) is 0 Å². The highest BCUT2D eigenvalue weighted by Gasteiger charge is 2.19. The van der Waals surface area contributed by atoms with Crippen molar-refractivity contribution in [2.24, 2.45) is 0 Å². The Morgan fingerprint density at radius 1 is 1.00 bits per heavy atom. The number of hydrogen-bond donors (Lipinski definition) is 1. The van der Waals surface area contributed by atoms with Gasteiger partial charge in [-0.3, -0.25) is 9.59 Å². The fourth-order valence-corrected chi connectivity index (χ4v) is 4.59. The van der Waals surface area contributed by atoms with Crippen LogP contribution in [-0.4, -0.2) is 52.8 Å². The summed E-state index contributed by atoms with van der Waals surface area (Å²) in [5.41, 5.74) is 3.69. The predicted molar refractivity (Wildman–Crippen MR) is 138 cm³/mol. The van der Waals surface area contributed by atoms with Gasteiger partial charge in [-0.05, 0) is 47.9 Å². The maximum Gasteiger partial charge on any atom is 0.254 e. The highest BCUT2D eigenvalue weighted by molar-refractivity contribution is 7.13. The maximum absolute atomic E-state index is 12.8. The van der Waals surface area contributed by atoms with E-state index in [-0.39, 0.29) is 11.8 Å². The van der Waals surface area contributed by atoms with Crippen LogP contribution in [-0.2, 0) is 9.53 Å². The Labute approximate surface area is 207 Å². The van der Waals surface area contributed by atoms with Crippen molar-refractivity contribution >= 4 is 34.9 Å². The van der Waals surface area contributed by atoms with E-state index in [4.69, 9.17) is 9.84 Å². The molecule has 0 aliphatic carbocycles. The second kappa shape index (κ2) is 10.5. The first kappa shape index (κ1) is 22.8. The fraction of sp³-hybridized carbons (Fsp3) is 0.148. The van der Waals surface area contributed by atoms with E-state index in [1.54, 1.807) is 46.6 Å². The number of carbonyl (C=O) groups is 2. The number of aromatic nitrogens is 2. The Bertz CT molecular complexity index is 1340. The lowest BCUT2D eigenvalue weighted by Crippen LogP contribution is -2.40. The standard InChI is InChI=1S/C27H24N4O3S/c32-25(28-22-7-4-6-20(18-22)27(33)30-13-15-34-16-14-30)12-11-21-19-31(23-8-2-1-3-9-23)29-26(21)24-10-5-17-35-24/h1-12,17-19H,13-16H2,(H,28,32)/b12-11+. The van der Waals surface area contributed by atoms with Gasteiger partial charge in [-0.1, -0.05) is 30.3 Å². The molecule has 0 saturated carbocycles. The largest absolute Gasteiger partial charge is 0.378 e. The minimum Gasteiger partial charge on any atom is -0.378 e. The maximum atomic E-state index is 12.8. The van der Waals surface area contributed by atoms with E-state index in [1.165, 1.54) is 6.08 Å². The van der Waals surface area contributed by atoms with Gasteiger partial charge in [-0.15, -0.1) is 11.3 Å². The van der Waals surface area contributed by atoms with Crippen molar-refractivity contribution in [3.63, 3.8) is 0 Å². The van der Waals surface area contributed by atoms with Crippen molar-refractivity contribution in [1.29, 1.82) is 0 Å². The molecule has 0 spiro atoms. The normalized spacial score (nSPS) is 13.8. The Hall–Kier alpha value is -4.01. The van der Waals surface area contributed by atoms with E-state index < -0.39 is 0 Å². The molecule has 4 aromatic rings. The van der Waals surface area contributed by atoms with Gasteiger partial charge in [0.2, 0.25) is 5.91 Å². The van der Waals surface area contributed by atoms with Crippen LogP contribution >= 0.6 is 11.3 Å². The van der Waals surface area contributed by atoms with Crippen LogP contribution in [0.1, 0.15) is 15.9 Å². The minimum absolute atomic E-state index is 0.0612. The van der Waals surface area contributed by atoms with Gasteiger partial charge in [-0.2, -0.15) is 5.10 Å². The van der Waals surface area contributed by atoms with Crippen LogP contribution in [0.5, 0.6) is 0 Å². The third kappa shape index (κ3) is 5.40. The Morgan fingerprint density at radius 3 is 2.60 bits per heavy atom. The molecule has 35 heavy (non-hydrogen) atoms. The summed E-state index contributed by atoms with van der Waals surface area (Å²) in [6.07, 6.45) is 5.16. The van der Waals surface area contributed by atoms with Crippen LogP contribution in [0.2, 0.25) is 0 Å². The van der Waals surface area contributed by atoms with Gasteiger partial charge >= 0.3 is 0 Å². The molecule has 1 fully saturated rings. The molecule has 1 aliphatic heterocycles. The van der Waals surface area contributed by atoms with Crippen LogP contribution in [0.3, 0.4) is 0 Å². The average molecular weight is 485 g/mol. The number of rotatable bonds is 6. The first-order valence-corrected chi connectivity index (χ1v) is 12.2. The van der Waals surface area contributed by atoms with Crippen molar-refractivity contribution in [1.82, 2.24) is 14.7 Å². The monoisotopic (exact) mass is 484 g/mol. The number of thiophene rings is 1. The van der Waals surface area contributed by atoms with Crippen molar-refractivity contribution in [3.05, 3.63) is 95.5 Å². The predicted octanol–water partition coefficient (Wildman–Crippen LogP) is 4.73. The Kier molecular flexibility index (Phi) is 6.83. The topological polar surface area (TPSA) is 76.5 Å². The molecular formula is C27H24N4O3S. The van der Waals surface area contributed by atoms with E-state index in [1.807, 2.05) is 58.7 Å². The van der Waals surface area contributed by atoms with E-state index in [9.17, 15) is 9.59 Å². The summed E-state index contributed by atoms with van der Waals surface area (Å²) in [4.78, 5) is 28.2. The molecule has 5 rings (SSSR count). The summed E-state index contributed by atoms with van der Waals surface area (Å²) in [7, 11) is 0. The van der Waals surface area contributed by atoms with E-state index in [0.717, 1.165) is 21.8 Å². The Balaban J connectivity index is 1.33. The summed E-state index contributed by atoms with van der Waals surface area (Å²) < 4.78 is 7.13. The molecule has 8 heteroatoms. The number of ether oxygens (including phenoxy) is 1. The smallest absolute Gasteiger partial charge is 0.254 e. The number of anilines is 1. The molecule has 0 bridgehead atoms. The zero-order valence-electron chi connectivity index (χ0n) is 19.0. The lowest BCUT2D eigenvalue weighted by molar-refractivity contribution is -0.111. The van der Waals surface area contributed by atoms with E-state index in [2.05, 4.69) is 5.32 Å². The van der Waals surface area contributed by atoms with Crippen LogP contribution in [0, 0.1) is 0 Å². The quantitative estimate of drug-likeness (QED) is 0.402. The number of amides is 2. The zero-order chi connectivity index (χ0) is 24.0. The van der Waals surface area contributed by atoms with Crippen LogP contribution < -0.4 is 5.32 Å². The summed E-state index contributed by atoms with van der Waals surface area (Å²) >= 11 is 1.60. The molecule has 0 atom stereocenters. The summed E-state index contributed by atoms with van der Waals surface area (Å²) in [6, 6.07) is 20.8. The average Bonchev–Trinajstić information content (AvgIpc) is 3.58. The molecule has 2 aromatic carbocycles. The highest BCUT2D eigenvalue weighted by Crippen LogP contribution is 2.28. The lowest BCUT2D eigenvalue weighted by Gasteiger charge is -2.27. The molecule has 7 nitrogen and oxygen atoms in total. The van der Waals surface area contributed by atoms with Gasteiger partial charge in [0.25, 0.3) is 5.91 Å². The minimum atomic E-state index is -0.287. The molecule has 2 amide bonds. The summed E-state index contributed by atoms with van der Waals surface area (Å²) in [5, 5.41) is 9.61. The van der Waals surface area contributed by atoms with Crippen molar-refractivity contribution in [3.8, 4) is 16.3 Å². The number of para-hydroxylation sites is 1.